The highest BCUT2D eigenvalue weighted by molar-refractivity contribution is 5.79. The molecule has 1 aromatic heterocycles. The van der Waals surface area contributed by atoms with Gasteiger partial charge in [-0.3, -0.25) is 9.69 Å². The fourth-order valence-electron chi connectivity index (χ4n) is 4.06. The number of rotatable bonds is 4. The quantitative estimate of drug-likeness (QED) is 0.821. The molecule has 0 saturated carbocycles. The SMILES string of the molecule is COc1cccc(CC(=O)N2CCC(c3nnc4n3CCN(C)C4)CC2)c1. The van der Waals surface area contributed by atoms with E-state index in [4.69, 9.17) is 4.74 Å². The second kappa shape index (κ2) is 7.68. The highest BCUT2D eigenvalue weighted by Crippen LogP contribution is 2.28. The Hall–Kier alpha value is -2.41. The molecular formula is C20H27N5O2. The standard InChI is InChI=1S/C20H27N5O2/c1-23-10-11-25-18(14-23)21-22-20(25)16-6-8-24(9-7-16)19(26)13-15-4-3-5-17(12-15)27-2/h3-5,12,16H,6-11,13-14H2,1-2H3. The van der Waals surface area contributed by atoms with Crippen LogP contribution in [0, 0.1) is 0 Å². The highest BCUT2D eigenvalue weighted by atomic mass is 16.5. The van der Waals surface area contributed by atoms with Gasteiger partial charge in [-0.25, -0.2) is 0 Å². The van der Waals surface area contributed by atoms with E-state index in [1.165, 1.54) is 0 Å². The number of likely N-dealkylation sites (tertiary alicyclic amines) is 1. The topological polar surface area (TPSA) is 63.5 Å². The summed E-state index contributed by atoms with van der Waals surface area (Å²) < 4.78 is 7.54. The summed E-state index contributed by atoms with van der Waals surface area (Å²) in [5.41, 5.74) is 0.997. The van der Waals surface area contributed by atoms with Crippen LogP contribution >= 0.6 is 0 Å². The van der Waals surface area contributed by atoms with Crippen LogP contribution in [0.25, 0.3) is 0 Å². The third kappa shape index (κ3) is 3.83. The van der Waals surface area contributed by atoms with Gasteiger partial charge in [0.15, 0.2) is 0 Å². The molecule has 3 heterocycles. The molecule has 0 spiro atoms. The predicted molar refractivity (Wildman–Crippen MR) is 102 cm³/mol. The van der Waals surface area contributed by atoms with Gasteiger partial charge in [-0.15, -0.1) is 10.2 Å². The van der Waals surface area contributed by atoms with E-state index in [0.717, 1.165) is 68.5 Å². The van der Waals surface area contributed by atoms with Crippen molar-refractivity contribution in [3.8, 4) is 5.75 Å². The molecule has 7 nitrogen and oxygen atoms in total. The Kier molecular flexibility index (Phi) is 5.11. The summed E-state index contributed by atoms with van der Waals surface area (Å²) in [5, 5.41) is 8.87. The molecule has 1 fully saturated rings. The summed E-state index contributed by atoms with van der Waals surface area (Å²) in [4.78, 5) is 16.9. The molecule has 0 N–H and O–H groups in total. The zero-order chi connectivity index (χ0) is 18.8. The number of benzene rings is 1. The van der Waals surface area contributed by atoms with E-state index < -0.39 is 0 Å². The maximum atomic E-state index is 12.7. The summed E-state index contributed by atoms with van der Waals surface area (Å²) in [6.07, 6.45) is 2.34. The zero-order valence-corrected chi connectivity index (χ0v) is 16.1. The van der Waals surface area contributed by atoms with Crippen LogP contribution in [0.5, 0.6) is 5.75 Å². The van der Waals surface area contributed by atoms with Gasteiger partial charge in [0.05, 0.1) is 20.1 Å². The molecule has 7 heteroatoms. The third-order valence-corrected chi connectivity index (χ3v) is 5.67. The second-order valence-corrected chi connectivity index (χ2v) is 7.55. The van der Waals surface area contributed by atoms with Gasteiger partial charge in [-0.1, -0.05) is 12.1 Å². The predicted octanol–water partition coefficient (Wildman–Crippen LogP) is 1.68. The van der Waals surface area contributed by atoms with Crippen LogP contribution in [0.15, 0.2) is 24.3 Å². The summed E-state index contributed by atoms with van der Waals surface area (Å²) in [6.45, 7) is 4.44. The lowest BCUT2D eigenvalue weighted by Crippen LogP contribution is -2.39. The molecule has 144 valence electrons. The first kappa shape index (κ1) is 18.0. The lowest BCUT2D eigenvalue weighted by molar-refractivity contribution is -0.131. The Morgan fingerprint density at radius 3 is 2.78 bits per heavy atom. The van der Waals surface area contributed by atoms with Crippen LogP contribution in [0.3, 0.4) is 0 Å². The van der Waals surface area contributed by atoms with Crippen LogP contribution in [0.4, 0.5) is 0 Å². The minimum atomic E-state index is 0.187. The third-order valence-electron chi connectivity index (χ3n) is 5.67. The molecule has 2 aliphatic rings. The maximum Gasteiger partial charge on any atom is 0.226 e. The van der Waals surface area contributed by atoms with Gasteiger partial charge in [0.2, 0.25) is 5.91 Å². The number of carbonyl (C=O) groups is 1. The molecule has 1 amide bonds. The average molecular weight is 369 g/mol. The van der Waals surface area contributed by atoms with Gasteiger partial charge in [0, 0.05) is 32.1 Å². The number of amides is 1. The normalized spacial score (nSPS) is 18.4. The van der Waals surface area contributed by atoms with E-state index in [2.05, 4.69) is 26.7 Å². The minimum Gasteiger partial charge on any atom is -0.497 e. The number of fused-ring (bicyclic) bond motifs is 1. The van der Waals surface area contributed by atoms with Gasteiger partial charge < -0.3 is 14.2 Å². The molecule has 1 aromatic carbocycles. The Morgan fingerprint density at radius 2 is 2.00 bits per heavy atom. The number of piperidine rings is 1. The molecule has 0 radical (unpaired) electrons. The Balaban J connectivity index is 1.35. The van der Waals surface area contributed by atoms with Crippen molar-refractivity contribution >= 4 is 5.91 Å². The molecule has 0 unspecified atom stereocenters. The Labute approximate surface area is 159 Å². The largest absolute Gasteiger partial charge is 0.497 e. The van der Waals surface area contributed by atoms with Gasteiger partial charge in [0.1, 0.15) is 17.4 Å². The van der Waals surface area contributed by atoms with Crippen molar-refractivity contribution in [1.82, 2.24) is 24.6 Å². The van der Waals surface area contributed by atoms with E-state index in [0.29, 0.717) is 12.3 Å². The Morgan fingerprint density at radius 1 is 1.19 bits per heavy atom. The molecule has 0 bridgehead atoms. The zero-order valence-electron chi connectivity index (χ0n) is 16.1. The molecule has 27 heavy (non-hydrogen) atoms. The lowest BCUT2D eigenvalue weighted by atomic mass is 9.95. The first-order valence-corrected chi connectivity index (χ1v) is 9.65. The number of ether oxygens (including phenoxy) is 1. The molecule has 2 aliphatic heterocycles. The maximum absolute atomic E-state index is 12.7. The Bertz CT molecular complexity index is 810. The summed E-state index contributed by atoms with van der Waals surface area (Å²) in [6, 6.07) is 7.74. The fraction of sp³-hybridized carbons (Fsp3) is 0.550. The van der Waals surface area contributed by atoms with Gasteiger partial charge >= 0.3 is 0 Å². The molecular weight excluding hydrogens is 342 g/mol. The molecule has 4 rings (SSSR count). The van der Waals surface area contributed by atoms with Crippen molar-refractivity contribution in [1.29, 1.82) is 0 Å². The average Bonchev–Trinajstić information content (AvgIpc) is 3.11. The van der Waals surface area contributed by atoms with Crippen molar-refractivity contribution in [2.45, 2.75) is 38.3 Å². The number of hydrogen-bond donors (Lipinski definition) is 0. The number of nitrogens with zero attached hydrogens (tertiary/aromatic N) is 5. The number of aromatic nitrogens is 3. The molecule has 0 aliphatic carbocycles. The van der Waals surface area contributed by atoms with Gasteiger partial charge in [-0.2, -0.15) is 0 Å². The van der Waals surface area contributed by atoms with Crippen LogP contribution in [-0.4, -0.2) is 64.3 Å². The first-order chi connectivity index (χ1) is 13.1. The van der Waals surface area contributed by atoms with Crippen LogP contribution in [-0.2, 0) is 24.3 Å². The monoisotopic (exact) mass is 369 g/mol. The van der Waals surface area contributed by atoms with Crippen LogP contribution < -0.4 is 4.74 Å². The van der Waals surface area contributed by atoms with Gasteiger partial charge in [-0.05, 0) is 37.6 Å². The van der Waals surface area contributed by atoms with Crippen molar-refractivity contribution in [2.75, 3.05) is 33.8 Å². The first-order valence-electron chi connectivity index (χ1n) is 9.65. The fourth-order valence-corrected chi connectivity index (χ4v) is 4.06. The van der Waals surface area contributed by atoms with Crippen molar-refractivity contribution in [3.05, 3.63) is 41.5 Å². The lowest BCUT2D eigenvalue weighted by Gasteiger charge is -2.32. The number of likely N-dealkylation sites (N-methyl/N-ethyl adjacent to an activating group) is 1. The number of hydrogen-bond acceptors (Lipinski definition) is 5. The van der Waals surface area contributed by atoms with E-state index in [1.54, 1.807) is 7.11 Å². The van der Waals surface area contributed by atoms with Crippen molar-refractivity contribution in [3.63, 3.8) is 0 Å². The van der Waals surface area contributed by atoms with Crippen molar-refractivity contribution < 1.29 is 9.53 Å². The van der Waals surface area contributed by atoms with Crippen LogP contribution in [0.1, 0.15) is 36.0 Å². The van der Waals surface area contributed by atoms with E-state index in [1.807, 2.05) is 29.2 Å². The van der Waals surface area contributed by atoms with Gasteiger partial charge in [0.25, 0.3) is 0 Å². The van der Waals surface area contributed by atoms with Crippen LogP contribution in [0.2, 0.25) is 0 Å². The second-order valence-electron chi connectivity index (χ2n) is 7.55. The summed E-state index contributed by atoms with van der Waals surface area (Å²) in [7, 11) is 3.76. The molecule has 0 atom stereocenters. The van der Waals surface area contributed by atoms with Crippen molar-refractivity contribution in [2.24, 2.45) is 0 Å². The van der Waals surface area contributed by atoms with E-state index in [9.17, 15) is 4.79 Å². The number of carbonyl (C=O) groups excluding carboxylic acids is 1. The summed E-state index contributed by atoms with van der Waals surface area (Å²) in [5.74, 6) is 3.55. The highest BCUT2D eigenvalue weighted by Gasteiger charge is 2.29. The molecule has 1 saturated heterocycles. The minimum absolute atomic E-state index is 0.187. The number of methoxy groups -OCH3 is 1. The molecule has 2 aromatic rings. The summed E-state index contributed by atoms with van der Waals surface area (Å²) >= 11 is 0. The van der Waals surface area contributed by atoms with E-state index in [-0.39, 0.29) is 5.91 Å². The van der Waals surface area contributed by atoms with E-state index >= 15 is 0 Å². The smallest absolute Gasteiger partial charge is 0.226 e.